The van der Waals surface area contributed by atoms with Gasteiger partial charge in [-0.3, -0.25) is 39.1 Å². The molecule has 3 aliphatic heterocycles. The Kier molecular flexibility index (Phi) is 10.3. The molecule has 4 aromatic rings. The molecule has 274 valence electrons. The number of piperidine rings is 2. The summed E-state index contributed by atoms with van der Waals surface area (Å²) >= 11 is 3.43. The standard InChI is InChI=1S/C39H40BrN7O6/c1-44(19-23-7-11-25(12-8-23)26-17-27(22-45(2)21-26)42-30-18-41-46(3)39(52)35(30)40)20-24-9-13-28(14-10-24)53-32-6-4-5-29-34(32)38(51)47(37(29)50)31-15-16-33(48)43-36(31)49/h4-14,18,26-27,31,42H,15-17,19-22H2,1-3H3,(H,43,48,49). The minimum Gasteiger partial charge on any atom is -0.457 e. The van der Waals surface area contributed by atoms with Crippen LogP contribution in [0.15, 0.2) is 82.2 Å². The van der Waals surface area contributed by atoms with Gasteiger partial charge in [0.15, 0.2) is 0 Å². The van der Waals surface area contributed by atoms with E-state index in [4.69, 9.17) is 4.74 Å². The summed E-state index contributed by atoms with van der Waals surface area (Å²) in [6, 6.07) is 20.3. The molecule has 3 atom stereocenters. The molecule has 3 aromatic carbocycles. The normalized spacial score (nSPS) is 20.5. The van der Waals surface area contributed by atoms with E-state index in [-0.39, 0.29) is 41.3 Å². The molecule has 0 saturated carbocycles. The topological polar surface area (TPSA) is 146 Å². The van der Waals surface area contributed by atoms with Crippen LogP contribution < -0.4 is 20.9 Å². The predicted octanol–water partition coefficient (Wildman–Crippen LogP) is 4.27. The molecule has 2 fully saturated rings. The number of anilines is 1. The summed E-state index contributed by atoms with van der Waals surface area (Å²) in [4.78, 5) is 68.5. The van der Waals surface area contributed by atoms with Crippen LogP contribution in [0, 0.1) is 0 Å². The van der Waals surface area contributed by atoms with Crippen molar-refractivity contribution in [3.63, 3.8) is 0 Å². The fourth-order valence-electron chi connectivity index (χ4n) is 7.43. The number of halogens is 1. The van der Waals surface area contributed by atoms with Gasteiger partial charge < -0.3 is 15.0 Å². The number of amides is 4. The van der Waals surface area contributed by atoms with Crippen molar-refractivity contribution in [3.05, 3.63) is 116 Å². The molecule has 4 amide bonds. The number of likely N-dealkylation sites (tertiary alicyclic amines) is 1. The summed E-state index contributed by atoms with van der Waals surface area (Å²) in [5, 5.41) is 9.90. The molecule has 0 spiro atoms. The van der Waals surface area contributed by atoms with Gasteiger partial charge in [-0.15, -0.1) is 0 Å². The van der Waals surface area contributed by atoms with Gasteiger partial charge in [0.25, 0.3) is 17.4 Å². The van der Waals surface area contributed by atoms with Gasteiger partial charge in [0.1, 0.15) is 22.0 Å². The number of aromatic nitrogens is 2. The maximum atomic E-state index is 13.4. The van der Waals surface area contributed by atoms with Gasteiger partial charge in [0, 0.05) is 45.7 Å². The van der Waals surface area contributed by atoms with Gasteiger partial charge in [-0.25, -0.2) is 4.68 Å². The third kappa shape index (κ3) is 7.66. The molecule has 0 radical (unpaired) electrons. The van der Waals surface area contributed by atoms with Crippen molar-refractivity contribution in [2.75, 3.05) is 32.5 Å². The van der Waals surface area contributed by atoms with Crippen LogP contribution in [0.1, 0.15) is 62.6 Å². The number of rotatable bonds is 10. The van der Waals surface area contributed by atoms with Crippen LogP contribution in [0.3, 0.4) is 0 Å². The van der Waals surface area contributed by atoms with E-state index in [1.807, 2.05) is 24.3 Å². The number of imide groups is 2. The minimum atomic E-state index is -1.04. The van der Waals surface area contributed by atoms with Gasteiger partial charge in [0.05, 0.1) is 23.0 Å². The first kappa shape index (κ1) is 36.2. The summed E-state index contributed by atoms with van der Waals surface area (Å²) in [5.41, 5.74) is 4.37. The molecule has 2 saturated heterocycles. The lowest BCUT2D eigenvalue weighted by Gasteiger charge is -2.37. The first-order valence-corrected chi connectivity index (χ1v) is 18.3. The van der Waals surface area contributed by atoms with Crippen LogP contribution in [0.5, 0.6) is 11.5 Å². The number of carbonyl (C=O) groups is 4. The first-order valence-electron chi connectivity index (χ1n) is 17.5. The quantitative estimate of drug-likeness (QED) is 0.224. The second-order valence-corrected chi connectivity index (χ2v) is 14.9. The van der Waals surface area contributed by atoms with Crippen LogP contribution in [0.25, 0.3) is 0 Å². The Hall–Kier alpha value is -5.18. The van der Waals surface area contributed by atoms with Crippen LogP contribution in [-0.4, -0.2) is 87.4 Å². The molecular formula is C39H40BrN7O6. The molecule has 0 bridgehead atoms. The summed E-state index contributed by atoms with van der Waals surface area (Å²) in [6.07, 6.45) is 2.76. The lowest BCUT2D eigenvalue weighted by atomic mass is 9.87. The van der Waals surface area contributed by atoms with E-state index in [1.165, 1.54) is 15.8 Å². The fourth-order valence-corrected chi connectivity index (χ4v) is 7.90. The van der Waals surface area contributed by atoms with E-state index in [0.717, 1.165) is 36.5 Å². The first-order chi connectivity index (χ1) is 25.4. The zero-order valence-electron chi connectivity index (χ0n) is 29.7. The van der Waals surface area contributed by atoms with Gasteiger partial charge in [-0.2, -0.15) is 5.10 Å². The smallest absolute Gasteiger partial charge is 0.282 e. The van der Waals surface area contributed by atoms with Crippen molar-refractivity contribution in [2.45, 2.75) is 50.4 Å². The van der Waals surface area contributed by atoms with Crippen molar-refractivity contribution >= 4 is 45.2 Å². The van der Waals surface area contributed by atoms with Gasteiger partial charge in [0.2, 0.25) is 11.8 Å². The minimum absolute atomic E-state index is 0.0528. The Morgan fingerprint density at radius 1 is 0.925 bits per heavy atom. The maximum absolute atomic E-state index is 13.4. The lowest BCUT2D eigenvalue weighted by Crippen LogP contribution is -2.54. The highest BCUT2D eigenvalue weighted by Crippen LogP contribution is 2.36. The number of nitrogens with zero attached hydrogens (tertiary/aromatic N) is 5. The van der Waals surface area contributed by atoms with Crippen LogP contribution in [0.4, 0.5) is 5.69 Å². The zero-order chi connectivity index (χ0) is 37.4. The third-order valence-corrected chi connectivity index (χ3v) is 10.8. The number of benzene rings is 3. The summed E-state index contributed by atoms with van der Waals surface area (Å²) in [5.74, 6) is -1.19. The van der Waals surface area contributed by atoms with Gasteiger partial charge in [-0.1, -0.05) is 42.5 Å². The number of hydrogen-bond donors (Lipinski definition) is 2. The second-order valence-electron chi connectivity index (χ2n) is 14.1. The van der Waals surface area contributed by atoms with E-state index in [1.54, 1.807) is 31.4 Å². The maximum Gasteiger partial charge on any atom is 0.282 e. The molecule has 13 nitrogen and oxygen atoms in total. The number of aryl methyl sites for hydroxylation is 1. The van der Waals surface area contributed by atoms with E-state index in [9.17, 15) is 24.0 Å². The van der Waals surface area contributed by atoms with E-state index in [2.05, 4.69) is 79.8 Å². The lowest BCUT2D eigenvalue weighted by molar-refractivity contribution is -0.136. The number of carbonyl (C=O) groups excluding carboxylic acids is 4. The highest BCUT2D eigenvalue weighted by molar-refractivity contribution is 9.10. The SMILES string of the molecule is CN(Cc1ccc(Oc2cccc3c2C(=O)N(C2CCC(=O)NC2=O)C3=O)cc1)Cc1ccc(C2CC(Nc3cnn(C)c(=O)c3Br)CN(C)C2)cc1. The Bertz CT molecular complexity index is 2140. The molecule has 4 heterocycles. The summed E-state index contributed by atoms with van der Waals surface area (Å²) in [6.45, 7) is 3.28. The Balaban J connectivity index is 0.942. The van der Waals surface area contributed by atoms with Gasteiger partial charge in [-0.05, 0) is 89.7 Å². The Labute approximate surface area is 315 Å². The van der Waals surface area contributed by atoms with E-state index < -0.39 is 29.7 Å². The Morgan fingerprint density at radius 3 is 2.32 bits per heavy atom. The molecule has 3 aliphatic rings. The highest BCUT2D eigenvalue weighted by Gasteiger charge is 2.46. The Morgan fingerprint density at radius 2 is 1.62 bits per heavy atom. The average molecular weight is 783 g/mol. The van der Waals surface area contributed by atoms with Crippen molar-refractivity contribution in [1.29, 1.82) is 0 Å². The molecule has 14 heteroatoms. The monoisotopic (exact) mass is 781 g/mol. The number of ether oxygens (including phenoxy) is 1. The molecule has 2 N–H and O–H groups in total. The van der Waals surface area contributed by atoms with Crippen molar-refractivity contribution in [3.8, 4) is 11.5 Å². The summed E-state index contributed by atoms with van der Waals surface area (Å²) < 4.78 is 7.90. The van der Waals surface area contributed by atoms with E-state index >= 15 is 0 Å². The second kappa shape index (κ2) is 15.0. The number of nitrogens with one attached hydrogen (secondary N) is 2. The average Bonchev–Trinajstić information content (AvgIpc) is 3.39. The summed E-state index contributed by atoms with van der Waals surface area (Å²) in [7, 11) is 5.82. The molecule has 1 aromatic heterocycles. The largest absolute Gasteiger partial charge is 0.457 e. The van der Waals surface area contributed by atoms with Gasteiger partial charge >= 0.3 is 0 Å². The zero-order valence-corrected chi connectivity index (χ0v) is 31.3. The van der Waals surface area contributed by atoms with E-state index in [0.29, 0.717) is 28.4 Å². The molecule has 7 rings (SSSR count). The fraction of sp³-hybridized carbons (Fsp3) is 0.333. The number of fused-ring (bicyclic) bond motifs is 1. The highest BCUT2D eigenvalue weighted by atomic mass is 79.9. The van der Waals surface area contributed by atoms with Crippen molar-refractivity contribution in [2.24, 2.45) is 7.05 Å². The third-order valence-electron chi connectivity index (χ3n) is 10.0. The molecule has 53 heavy (non-hydrogen) atoms. The molecular weight excluding hydrogens is 742 g/mol. The van der Waals surface area contributed by atoms with Crippen molar-refractivity contribution in [1.82, 2.24) is 29.8 Å². The van der Waals surface area contributed by atoms with Crippen LogP contribution in [-0.2, 0) is 29.7 Å². The predicted molar refractivity (Wildman–Crippen MR) is 201 cm³/mol. The number of hydrogen-bond acceptors (Lipinski definition) is 10. The number of likely N-dealkylation sites (N-methyl/N-ethyl adjacent to an activating group) is 1. The van der Waals surface area contributed by atoms with Crippen molar-refractivity contribution < 1.29 is 23.9 Å². The molecule has 3 unspecified atom stereocenters. The van der Waals surface area contributed by atoms with Crippen LogP contribution >= 0.6 is 15.9 Å². The molecule has 0 aliphatic carbocycles. The van der Waals surface area contributed by atoms with Crippen LogP contribution in [0.2, 0.25) is 0 Å².